The minimum absolute atomic E-state index is 0.211. The molecule has 0 saturated heterocycles. The second-order valence-corrected chi connectivity index (χ2v) is 7.22. The van der Waals surface area contributed by atoms with Crippen molar-refractivity contribution in [2.24, 2.45) is 0 Å². The normalized spacial score (nSPS) is 16.0. The van der Waals surface area contributed by atoms with E-state index in [2.05, 4.69) is 56.2 Å². The molecule has 1 heterocycles. The quantitative estimate of drug-likeness (QED) is 0.861. The lowest BCUT2D eigenvalue weighted by Gasteiger charge is -2.19. The summed E-state index contributed by atoms with van der Waals surface area (Å²) in [4.78, 5) is 3.53. The molecule has 1 saturated carbocycles. The second kappa shape index (κ2) is 4.92. The summed E-state index contributed by atoms with van der Waals surface area (Å²) in [7, 11) is 0. The van der Waals surface area contributed by atoms with Gasteiger partial charge in [0.1, 0.15) is 0 Å². The fourth-order valence-electron chi connectivity index (χ4n) is 2.86. The molecular formula is C18H26N2. The lowest BCUT2D eigenvalue weighted by molar-refractivity contribution is 0.591. The van der Waals surface area contributed by atoms with Gasteiger partial charge in [-0.15, -0.1) is 0 Å². The van der Waals surface area contributed by atoms with Crippen molar-refractivity contribution in [1.82, 2.24) is 10.3 Å². The topological polar surface area (TPSA) is 27.8 Å². The van der Waals surface area contributed by atoms with Crippen LogP contribution in [0.1, 0.15) is 50.4 Å². The minimum Gasteiger partial charge on any atom is -0.358 e. The van der Waals surface area contributed by atoms with E-state index in [4.69, 9.17) is 0 Å². The number of H-pyrrole nitrogens is 1. The third kappa shape index (κ3) is 2.76. The van der Waals surface area contributed by atoms with Gasteiger partial charge in [-0.25, -0.2) is 0 Å². The molecule has 0 amide bonds. The largest absolute Gasteiger partial charge is 0.358 e. The predicted molar refractivity (Wildman–Crippen MR) is 86.5 cm³/mol. The summed E-state index contributed by atoms with van der Waals surface area (Å²) in [5.41, 5.74) is 5.71. The molecule has 2 aromatic rings. The van der Waals surface area contributed by atoms with Crippen LogP contribution in [0, 0.1) is 6.92 Å². The summed E-state index contributed by atoms with van der Waals surface area (Å²) in [6.07, 6.45) is 3.85. The van der Waals surface area contributed by atoms with Gasteiger partial charge in [0.05, 0.1) is 0 Å². The van der Waals surface area contributed by atoms with Gasteiger partial charge < -0.3 is 10.3 Å². The maximum Gasteiger partial charge on any atom is 0.0459 e. The summed E-state index contributed by atoms with van der Waals surface area (Å²) in [6.45, 7) is 10.1. The summed E-state index contributed by atoms with van der Waals surface area (Å²) < 4.78 is 0. The molecular weight excluding hydrogens is 244 g/mol. The molecule has 2 heteroatoms. The average molecular weight is 270 g/mol. The molecule has 1 aliphatic carbocycles. The van der Waals surface area contributed by atoms with Crippen LogP contribution in [0.25, 0.3) is 10.9 Å². The van der Waals surface area contributed by atoms with Crippen molar-refractivity contribution in [3.05, 3.63) is 35.0 Å². The van der Waals surface area contributed by atoms with E-state index in [0.717, 1.165) is 19.0 Å². The van der Waals surface area contributed by atoms with Crippen LogP contribution < -0.4 is 5.32 Å². The maximum atomic E-state index is 3.62. The van der Waals surface area contributed by atoms with Crippen LogP contribution in [-0.4, -0.2) is 17.6 Å². The Morgan fingerprint density at radius 3 is 2.65 bits per heavy atom. The highest BCUT2D eigenvalue weighted by Crippen LogP contribution is 2.29. The van der Waals surface area contributed by atoms with Crippen molar-refractivity contribution in [3.8, 4) is 0 Å². The van der Waals surface area contributed by atoms with E-state index in [-0.39, 0.29) is 5.41 Å². The Hall–Kier alpha value is -1.28. The van der Waals surface area contributed by atoms with Gasteiger partial charge in [0.25, 0.3) is 0 Å². The van der Waals surface area contributed by atoms with Crippen molar-refractivity contribution in [2.45, 2.75) is 58.4 Å². The zero-order valence-electron chi connectivity index (χ0n) is 13.1. The molecule has 108 valence electrons. The second-order valence-electron chi connectivity index (χ2n) is 7.22. The maximum absolute atomic E-state index is 3.62. The zero-order chi connectivity index (χ0) is 14.3. The zero-order valence-corrected chi connectivity index (χ0v) is 13.1. The smallest absolute Gasteiger partial charge is 0.0459 e. The van der Waals surface area contributed by atoms with Gasteiger partial charge in [-0.3, -0.25) is 0 Å². The summed E-state index contributed by atoms with van der Waals surface area (Å²) >= 11 is 0. The molecule has 1 aromatic carbocycles. The molecule has 0 aliphatic heterocycles. The van der Waals surface area contributed by atoms with Crippen LogP contribution in [0.3, 0.4) is 0 Å². The molecule has 0 radical (unpaired) electrons. The molecule has 2 nitrogen and oxygen atoms in total. The van der Waals surface area contributed by atoms with Crippen LogP contribution >= 0.6 is 0 Å². The van der Waals surface area contributed by atoms with Crippen molar-refractivity contribution in [2.75, 3.05) is 6.54 Å². The van der Waals surface area contributed by atoms with E-state index in [1.807, 2.05) is 0 Å². The first-order valence-electron chi connectivity index (χ1n) is 7.80. The van der Waals surface area contributed by atoms with E-state index in [1.165, 1.54) is 40.6 Å². The van der Waals surface area contributed by atoms with Crippen LogP contribution in [0.15, 0.2) is 18.2 Å². The summed E-state index contributed by atoms with van der Waals surface area (Å²) in [5.74, 6) is 0. The van der Waals surface area contributed by atoms with Gasteiger partial charge in [0.15, 0.2) is 0 Å². The number of hydrogen-bond donors (Lipinski definition) is 2. The molecule has 0 bridgehead atoms. The van der Waals surface area contributed by atoms with Gasteiger partial charge in [-0.05, 0) is 61.4 Å². The molecule has 0 atom stereocenters. The third-order valence-electron chi connectivity index (χ3n) is 4.37. The first-order chi connectivity index (χ1) is 9.45. The number of aryl methyl sites for hydroxylation is 1. The standard InChI is InChI=1S/C18H26N2/c1-12-15(9-10-19-14-6-7-14)16-11-13(18(2,3)4)5-8-17(16)20-12/h5,8,11,14,19-20H,6-7,9-10H2,1-4H3. The van der Waals surface area contributed by atoms with Crippen LogP contribution in [-0.2, 0) is 11.8 Å². The number of rotatable bonds is 4. The molecule has 3 rings (SSSR count). The van der Waals surface area contributed by atoms with E-state index >= 15 is 0 Å². The number of aromatic nitrogens is 1. The van der Waals surface area contributed by atoms with E-state index in [1.54, 1.807) is 0 Å². The van der Waals surface area contributed by atoms with Gasteiger partial charge in [0, 0.05) is 22.6 Å². The van der Waals surface area contributed by atoms with Crippen molar-refractivity contribution < 1.29 is 0 Å². The van der Waals surface area contributed by atoms with Crippen LogP contribution in [0.2, 0.25) is 0 Å². The van der Waals surface area contributed by atoms with Gasteiger partial charge >= 0.3 is 0 Å². The lowest BCUT2D eigenvalue weighted by Crippen LogP contribution is -2.19. The van der Waals surface area contributed by atoms with Crippen molar-refractivity contribution in [3.63, 3.8) is 0 Å². The highest BCUT2D eigenvalue weighted by molar-refractivity contribution is 5.85. The first kappa shape index (κ1) is 13.7. The van der Waals surface area contributed by atoms with Crippen LogP contribution in [0.4, 0.5) is 0 Å². The Morgan fingerprint density at radius 1 is 1.25 bits per heavy atom. The van der Waals surface area contributed by atoms with Gasteiger partial charge in [0.2, 0.25) is 0 Å². The summed E-state index contributed by atoms with van der Waals surface area (Å²) in [6, 6.07) is 7.67. The van der Waals surface area contributed by atoms with Gasteiger partial charge in [-0.2, -0.15) is 0 Å². The number of benzene rings is 1. The predicted octanol–water partition coefficient (Wildman–Crippen LogP) is 4.07. The highest BCUT2D eigenvalue weighted by atomic mass is 14.9. The summed E-state index contributed by atoms with van der Waals surface area (Å²) in [5, 5.41) is 5.03. The lowest BCUT2D eigenvalue weighted by atomic mass is 9.86. The number of aromatic amines is 1. The Balaban J connectivity index is 1.90. The first-order valence-corrected chi connectivity index (χ1v) is 7.80. The van der Waals surface area contributed by atoms with Crippen LogP contribution in [0.5, 0.6) is 0 Å². The fourth-order valence-corrected chi connectivity index (χ4v) is 2.86. The Labute approximate surface area is 122 Å². The Bertz CT molecular complexity index is 612. The molecule has 1 aromatic heterocycles. The number of fused-ring (bicyclic) bond motifs is 1. The molecule has 1 fully saturated rings. The van der Waals surface area contributed by atoms with Crippen molar-refractivity contribution >= 4 is 10.9 Å². The molecule has 20 heavy (non-hydrogen) atoms. The molecule has 0 spiro atoms. The monoisotopic (exact) mass is 270 g/mol. The minimum atomic E-state index is 0.211. The van der Waals surface area contributed by atoms with Gasteiger partial charge in [-0.1, -0.05) is 26.8 Å². The van der Waals surface area contributed by atoms with E-state index < -0.39 is 0 Å². The average Bonchev–Trinajstić information content (AvgIpc) is 3.13. The number of nitrogens with one attached hydrogen (secondary N) is 2. The molecule has 2 N–H and O–H groups in total. The Kier molecular flexibility index (Phi) is 3.37. The van der Waals surface area contributed by atoms with E-state index in [0.29, 0.717) is 0 Å². The third-order valence-corrected chi connectivity index (χ3v) is 4.37. The molecule has 1 aliphatic rings. The Morgan fingerprint density at radius 2 is 2.00 bits per heavy atom. The van der Waals surface area contributed by atoms with E-state index in [9.17, 15) is 0 Å². The number of hydrogen-bond acceptors (Lipinski definition) is 1. The SMILES string of the molecule is Cc1[nH]c2ccc(C(C)(C)C)cc2c1CCNC1CC1. The molecule has 0 unspecified atom stereocenters. The van der Waals surface area contributed by atoms with Crippen molar-refractivity contribution in [1.29, 1.82) is 0 Å². The fraction of sp³-hybridized carbons (Fsp3) is 0.556. The highest BCUT2D eigenvalue weighted by Gasteiger charge is 2.20.